The Hall–Kier alpha value is -4.74. The third-order valence-corrected chi connectivity index (χ3v) is 5.37. The molecule has 11 nitrogen and oxygen atoms in total. The second-order valence-electron chi connectivity index (χ2n) is 8.01. The summed E-state index contributed by atoms with van der Waals surface area (Å²) in [5.74, 6) is -2.67. The van der Waals surface area contributed by atoms with Gasteiger partial charge in [-0.1, -0.05) is 23.7 Å². The van der Waals surface area contributed by atoms with Crippen molar-refractivity contribution in [2.24, 2.45) is 5.73 Å². The summed E-state index contributed by atoms with van der Waals surface area (Å²) in [7, 11) is 0. The highest BCUT2D eigenvalue weighted by molar-refractivity contribution is 6.29. The monoisotopic (exact) mass is 558 g/mol. The smallest absolute Gasteiger partial charge is 0.329 e. The summed E-state index contributed by atoms with van der Waals surface area (Å²) < 4.78 is 39.4. The minimum absolute atomic E-state index is 0.0899. The summed E-state index contributed by atoms with van der Waals surface area (Å²) in [6.45, 7) is 0.942. The number of nitrogens with two attached hydrogens (primary N) is 1. The average molecular weight is 559 g/mol. The molecule has 3 heterocycles. The number of carbonyl (C=O) groups excluding carboxylic acids is 2. The molecule has 200 valence electrons. The molecule has 4 rings (SSSR count). The zero-order chi connectivity index (χ0) is 28.3. The lowest BCUT2D eigenvalue weighted by molar-refractivity contribution is -0.227. The molecule has 0 radical (unpaired) electrons. The predicted octanol–water partition coefficient (Wildman–Crippen LogP) is 4.10. The molecule has 3 aromatic heterocycles. The highest BCUT2D eigenvalue weighted by atomic mass is 35.5. The molecule has 0 aliphatic carbocycles. The van der Waals surface area contributed by atoms with Crippen LogP contribution in [-0.4, -0.2) is 55.9 Å². The first-order chi connectivity index (χ1) is 18.5. The maximum atomic E-state index is 12.6. The predicted molar refractivity (Wildman–Crippen MR) is 133 cm³/mol. The highest BCUT2D eigenvalue weighted by Gasteiger charge is 2.43. The molecule has 39 heavy (non-hydrogen) atoms. The number of halogens is 4. The van der Waals surface area contributed by atoms with Gasteiger partial charge in [-0.25, -0.2) is 24.1 Å². The van der Waals surface area contributed by atoms with E-state index >= 15 is 0 Å². The first-order valence-electron chi connectivity index (χ1n) is 11.1. The molecule has 0 aliphatic heterocycles. The van der Waals surface area contributed by atoms with Gasteiger partial charge in [-0.05, 0) is 42.8 Å². The summed E-state index contributed by atoms with van der Waals surface area (Å²) >= 11 is 6.21. The molecule has 1 aromatic carbocycles. The van der Waals surface area contributed by atoms with Gasteiger partial charge in [0.15, 0.2) is 5.65 Å². The van der Waals surface area contributed by atoms with Crippen LogP contribution in [0.1, 0.15) is 11.3 Å². The number of fused-ring (bicyclic) bond motifs is 1. The third kappa shape index (κ3) is 6.06. The van der Waals surface area contributed by atoms with Gasteiger partial charge in [-0.2, -0.15) is 28.6 Å². The van der Waals surface area contributed by atoms with Crippen LogP contribution in [0.4, 0.5) is 23.8 Å². The number of rotatable bonds is 5. The summed E-state index contributed by atoms with van der Waals surface area (Å²) in [4.78, 5) is 36.6. The van der Waals surface area contributed by atoms with Crippen molar-refractivity contribution in [2.45, 2.75) is 13.1 Å². The first-order valence-corrected chi connectivity index (χ1v) is 11.5. The van der Waals surface area contributed by atoms with E-state index in [1.165, 1.54) is 16.8 Å². The number of hydrogen-bond donors (Lipinski definition) is 2. The fourth-order valence-electron chi connectivity index (χ4n) is 3.60. The van der Waals surface area contributed by atoms with E-state index in [9.17, 15) is 28.0 Å². The van der Waals surface area contributed by atoms with Crippen LogP contribution in [0.3, 0.4) is 0 Å². The number of hydroxylamine groups is 2. The van der Waals surface area contributed by atoms with E-state index in [2.05, 4.69) is 31.3 Å². The van der Waals surface area contributed by atoms with Gasteiger partial charge in [0.25, 0.3) is 0 Å². The fraction of sp³-hybridized carbons (Fsp3) is 0.167. The van der Waals surface area contributed by atoms with Crippen molar-refractivity contribution in [3.8, 4) is 28.5 Å². The van der Waals surface area contributed by atoms with Crippen molar-refractivity contribution in [1.82, 2.24) is 24.6 Å². The van der Waals surface area contributed by atoms with E-state index in [1.54, 1.807) is 43.3 Å². The van der Waals surface area contributed by atoms with Gasteiger partial charge in [-0.3, -0.25) is 5.32 Å². The number of pyridine rings is 1. The van der Waals surface area contributed by atoms with Crippen molar-refractivity contribution >= 4 is 35.1 Å². The van der Waals surface area contributed by atoms with Gasteiger partial charge in [0.05, 0.1) is 23.7 Å². The molecule has 4 aromatic rings. The molecule has 2 amide bonds. The third-order valence-electron chi connectivity index (χ3n) is 5.18. The molecule has 0 saturated heterocycles. The van der Waals surface area contributed by atoms with E-state index in [0.29, 0.717) is 33.6 Å². The Balaban J connectivity index is 1.79. The highest BCUT2D eigenvalue weighted by Crippen LogP contribution is 2.36. The molecule has 0 unspecified atom stereocenters. The van der Waals surface area contributed by atoms with Crippen LogP contribution in [0.15, 0.2) is 48.7 Å². The molecule has 0 fully saturated rings. The summed E-state index contributed by atoms with van der Waals surface area (Å²) in [6, 6.07) is 12.3. The van der Waals surface area contributed by atoms with Crippen LogP contribution in [0.5, 0.6) is 0 Å². The number of aromatic nitrogens is 4. The summed E-state index contributed by atoms with van der Waals surface area (Å²) in [6.07, 6.45) is -3.86. The number of nitriles is 1. The number of carbonyl (C=O) groups is 2. The van der Waals surface area contributed by atoms with Crippen LogP contribution in [0.25, 0.3) is 28.0 Å². The van der Waals surface area contributed by atoms with E-state index in [1.807, 2.05) is 0 Å². The van der Waals surface area contributed by atoms with Crippen molar-refractivity contribution in [3.05, 3.63) is 65.1 Å². The van der Waals surface area contributed by atoms with Gasteiger partial charge in [0.2, 0.25) is 0 Å². The van der Waals surface area contributed by atoms with Gasteiger partial charge in [0.1, 0.15) is 16.7 Å². The Morgan fingerprint density at radius 3 is 2.64 bits per heavy atom. The van der Waals surface area contributed by atoms with E-state index in [-0.39, 0.29) is 28.2 Å². The van der Waals surface area contributed by atoms with Crippen molar-refractivity contribution in [1.29, 1.82) is 5.26 Å². The van der Waals surface area contributed by atoms with Gasteiger partial charge >= 0.3 is 18.2 Å². The van der Waals surface area contributed by atoms with Gasteiger partial charge in [-0.15, -0.1) is 0 Å². The number of anilines is 1. The Morgan fingerprint density at radius 1 is 1.21 bits per heavy atom. The fourth-order valence-corrected chi connectivity index (χ4v) is 3.86. The van der Waals surface area contributed by atoms with Crippen LogP contribution in [0, 0.1) is 18.3 Å². The zero-order valence-electron chi connectivity index (χ0n) is 20.0. The van der Waals surface area contributed by atoms with E-state index in [0.717, 1.165) is 0 Å². The van der Waals surface area contributed by atoms with Crippen LogP contribution >= 0.6 is 11.6 Å². The number of nitrogens with zero attached hydrogens (tertiary/aromatic N) is 6. The number of benzene rings is 1. The van der Waals surface area contributed by atoms with Crippen molar-refractivity contribution in [2.75, 3.05) is 18.4 Å². The Labute approximate surface area is 223 Å². The average Bonchev–Trinajstić information content (AvgIpc) is 3.26. The molecule has 0 atom stereocenters. The Bertz CT molecular complexity index is 1600. The largest absolute Gasteiger partial charge is 0.493 e. The number of aryl methyl sites for hydroxylation is 1. The zero-order valence-corrected chi connectivity index (χ0v) is 20.8. The molecule has 0 bridgehead atoms. The lowest BCUT2D eigenvalue weighted by Crippen LogP contribution is -2.43. The second kappa shape index (κ2) is 10.9. The SMILES string of the molecule is Cc1cc(-c2c(-c3cccc(C#N)c3)nn3ccc(NC(=O)N(CCN)OC(=O)C(F)(F)F)nc23)cc(Cl)n1. The standard InChI is InChI=1S/C24H18ClF3N8O3/c1-13-9-16(11-17(25)31-13)19-20(15-4-2-3-14(10-15)12-30)34-35-7-5-18(32-21(19)35)33-23(38)36(8-6-29)39-22(37)24(26,27)28/h2-5,7,9-11H,6,8,29H2,1H3,(H,32,33,38). The topological polar surface area (TPSA) is 152 Å². The number of amides is 2. The molecule has 0 saturated carbocycles. The van der Waals surface area contributed by atoms with E-state index in [4.69, 9.17) is 17.3 Å². The molecular weight excluding hydrogens is 541 g/mol. The van der Waals surface area contributed by atoms with Crippen LogP contribution in [0.2, 0.25) is 5.15 Å². The Kier molecular flexibility index (Phi) is 7.65. The molecular formula is C24H18ClF3N8O3. The van der Waals surface area contributed by atoms with E-state index < -0.39 is 24.7 Å². The maximum absolute atomic E-state index is 12.6. The number of hydrogen-bond acceptors (Lipinski definition) is 8. The Morgan fingerprint density at radius 2 is 1.97 bits per heavy atom. The lowest BCUT2D eigenvalue weighted by atomic mass is 10.00. The van der Waals surface area contributed by atoms with Crippen LogP contribution < -0.4 is 11.1 Å². The quantitative estimate of drug-likeness (QED) is 0.274. The van der Waals surface area contributed by atoms with Gasteiger partial charge in [0, 0.05) is 24.0 Å². The summed E-state index contributed by atoms with van der Waals surface area (Å²) in [5.41, 5.74) is 8.69. The first kappa shape index (κ1) is 27.3. The molecule has 0 aliphatic rings. The van der Waals surface area contributed by atoms with Crippen molar-refractivity contribution < 1.29 is 27.6 Å². The van der Waals surface area contributed by atoms with Crippen molar-refractivity contribution in [3.63, 3.8) is 0 Å². The number of nitrogens with one attached hydrogen (secondary N) is 1. The van der Waals surface area contributed by atoms with Crippen LogP contribution in [-0.2, 0) is 9.63 Å². The maximum Gasteiger partial charge on any atom is 0.493 e. The lowest BCUT2D eigenvalue weighted by Gasteiger charge is -2.21. The minimum atomic E-state index is -5.32. The molecule has 3 N–H and O–H groups in total. The number of alkyl halides is 3. The second-order valence-corrected chi connectivity index (χ2v) is 8.40. The summed E-state index contributed by atoms with van der Waals surface area (Å²) in [5, 5.41) is 16.6. The number of urea groups is 1. The molecule has 0 spiro atoms. The molecule has 15 heteroatoms. The van der Waals surface area contributed by atoms with Gasteiger partial charge < -0.3 is 10.6 Å². The minimum Gasteiger partial charge on any atom is -0.329 e. The normalized spacial score (nSPS) is 11.2.